The van der Waals surface area contributed by atoms with Gasteiger partial charge in [0.2, 0.25) is 11.2 Å². The summed E-state index contributed by atoms with van der Waals surface area (Å²) in [5.41, 5.74) is -14.3. The van der Waals surface area contributed by atoms with Gasteiger partial charge < -0.3 is 25.5 Å². The molecule has 0 saturated heterocycles. The van der Waals surface area contributed by atoms with Gasteiger partial charge in [0.15, 0.2) is 34.3 Å². The summed E-state index contributed by atoms with van der Waals surface area (Å²) < 4.78 is 0. The van der Waals surface area contributed by atoms with Crippen LogP contribution in [0.25, 0.3) is 0 Å². The van der Waals surface area contributed by atoms with Gasteiger partial charge in [-0.2, -0.15) is 0 Å². The summed E-state index contributed by atoms with van der Waals surface area (Å²) in [4.78, 5) is 48.5. The Morgan fingerprint density at radius 3 is 1.33 bits per heavy atom. The molecule has 0 aliphatic heterocycles. The van der Waals surface area contributed by atoms with Gasteiger partial charge >= 0.3 is 0 Å². The van der Waals surface area contributed by atoms with E-state index in [0.717, 1.165) is 6.92 Å². The fraction of sp³-hybridized carbons (Fsp3) is 0.706. The number of hydrogen-bond donors (Lipinski definition) is 5. The maximum absolute atomic E-state index is 12.4. The molecule has 27 heavy (non-hydrogen) atoms. The Hall–Kier alpha value is -1.43. The number of aliphatic hydroxyl groups excluding tert-OH is 1. The number of ketones is 4. The largest absolute Gasteiger partial charge is 0.393 e. The minimum absolute atomic E-state index is 0.608. The van der Waals surface area contributed by atoms with Crippen LogP contribution in [0.5, 0.6) is 0 Å². The van der Waals surface area contributed by atoms with Gasteiger partial charge in [0, 0.05) is 4.86 Å². The van der Waals surface area contributed by atoms with E-state index in [1.807, 2.05) is 0 Å². The molecular formula is C17H26O9S. The van der Waals surface area contributed by atoms with Gasteiger partial charge in [-0.15, -0.1) is 0 Å². The van der Waals surface area contributed by atoms with Gasteiger partial charge in [-0.25, -0.2) is 0 Å². The van der Waals surface area contributed by atoms with E-state index in [-0.39, 0.29) is 0 Å². The zero-order chi connectivity index (χ0) is 22.2. The van der Waals surface area contributed by atoms with E-state index in [4.69, 9.17) is 12.2 Å². The Balaban J connectivity index is 7.56. The van der Waals surface area contributed by atoms with Crippen LogP contribution in [0.4, 0.5) is 0 Å². The molecule has 10 heteroatoms. The maximum atomic E-state index is 12.4. The Morgan fingerprint density at radius 1 is 0.778 bits per heavy atom. The highest BCUT2D eigenvalue weighted by molar-refractivity contribution is 7.80. The predicted molar refractivity (Wildman–Crippen MR) is 97.0 cm³/mol. The second kappa shape index (κ2) is 7.90. The maximum Gasteiger partial charge on any atom is 0.202 e. The number of carbonyl (C=O) groups excluding carboxylic acids is 4. The highest BCUT2D eigenvalue weighted by Crippen LogP contribution is 2.44. The van der Waals surface area contributed by atoms with Crippen LogP contribution in [0.3, 0.4) is 0 Å². The summed E-state index contributed by atoms with van der Waals surface area (Å²) in [6.45, 7) is 3.88. The molecule has 0 spiro atoms. The monoisotopic (exact) mass is 406 g/mol. The quantitative estimate of drug-likeness (QED) is 0.263. The third kappa shape index (κ3) is 3.20. The van der Waals surface area contributed by atoms with Crippen LogP contribution in [-0.2, 0) is 19.2 Å². The van der Waals surface area contributed by atoms with Crippen LogP contribution in [-0.4, -0.2) is 82.5 Å². The van der Waals surface area contributed by atoms with E-state index in [0.29, 0.717) is 20.8 Å². The van der Waals surface area contributed by atoms with Crippen molar-refractivity contribution in [1.82, 2.24) is 0 Å². The molecule has 0 aliphatic carbocycles. The minimum Gasteiger partial charge on any atom is -0.393 e. The van der Waals surface area contributed by atoms with E-state index in [1.54, 1.807) is 0 Å². The third-order valence-corrected chi connectivity index (χ3v) is 5.63. The van der Waals surface area contributed by atoms with Crippen molar-refractivity contribution in [3.8, 4) is 0 Å². The lowest BCUT2D eigenvalue weighted by Crippen LogP contribution is -2.85. The lowest BCUT2D eigenvalue weighted by molar-refractivity contribution is -0.259. The first-order valence-electron chi connectivity index (χ1n) is 8.03. The van der Waals surface area contributed by atoms with E-state index >= 15 is 0 Å². The fourth-order valence-electron chi connectivity index (χ4n) is 3.12. The van der Waals surface area contributed by atoms with Gasteiger partial charge in [-0.3, -0.25) is 19.2 Å². The van der Waals surface area contributed by atoms with Crippen molar-refractivity contribution in [2.24, 2.45) is 5.92 Å². The summed E-state index contributed by atoms with van der Waals surface area (Å²) in [6, 6.07) is 0. The van der Waals surface area contributed by atoms with Crippen molar-refractivity contribution in [2.75, 3.05) is 6.61 Å². The van der Waals surface area contributed by atoms with Crippen LogP contribution >= 0.6 is 12.2 Å². The van der Waals surface area contributed by atoms with Crippen LogP contribution in [0.15, 0.2) is 0 Å². The fourth-order valence-corrected chi connectivity index (χ4v) is 3.41. The summed E-state index contributed by atoms with van der Waals surface area (Å²) in [5, 5.41) is 53.4. The van der Waals surface area contributed by atoms with Gasteiger partial charge in [0.1, 0.15) is 0 Å². The Labute approximate surface area is 162 Å². The molecule has 0 aromatic rings. The first kappa shape index (κ1) is 25.6. The van der Waals surface area contributed by atoms with Crippen molar-refractivity contribution in [1.29, 1.82) is 0 Å². The molecule has 0 rings (SSSR count). The van der Waals surface area contributed by atoms with E-state index < -0.39 is 62.9 Å². The summed E-state index contributed by atoms with van der Waals surface area (Å²) in [7, 11) is 0. The molecule has 5 N–H and O–H groups in total. The highest BCUT2D eigenvalue weighted by Gasteiger charge is 2.77. The van der Waals surface area contributed by atoms with E-state index in [1.165, 1.54) is 13.8 Å². The summed E-state index contributed by atoms with van der Waals surface area (Å²) in [6.07, 6.45) is 0. The number of thiocarbonyl (C=S) groups is 1. The number of hydrogen-bond acceptors (Lipinski definition) is 10. The van der Waals surface area contributed by atoms with E-state index in [2.05, 4.69) is 0 Å². The standard InChI is InChI=1S/C17H26O9S/c1-8(2)13(27)15(24,10(4)20)17(26,12(6)22)16(25,11(5)21)14(23,7-18)9(3)19/h8,18,23-26H,7H2,1-6H3/t14-,15-,16-,17+/m0/s1. The predicted octanol–water partition coefficient (Wildman–Crippen LogP) is -1.71. The molecule has 4 atom stereocenters. The molecule has 9 nitrogen and oxygen atoms in total. The van der Waals surface area contributed by atoms with Crippen molar-refractivity contribution in [3.05, 3.63) is 0 Å². The Morgan fingerprint density at radius 2 is 1.15 bits per heavy atom. The zero-order valence-electron chi connectivity index (χ0n) is 16.1. The number of Topliss-reactive ketones (excluding diaryl/α,β-unsaturated/α-hetero) is 4. The molecule has 0 radical (unpaired) electrons. The third-order valence-electron chi connectivity index (χ3n) is 4.87. The first-order chi connectivity index (χ1) is 11.9. The molecule has 0 amide bonds. The number of aliphatic hydroxyl groups is 5. The van der Waals surface area contributed by atoms with Gasteiger partial charge in [-0.1, -0.05) is 26.1 Å². The van der Waals surface area contributed by atoms with Crippen molar-refractivity contribution >= 4 is 40.2 Å². The van der Waals surface area contributed by atoms with Crippen LogP contribution in [0, 0.1) is 5.92 Å². The van der Waals surface area contributed by atoms with Crippen LogP contribution < -0.4 is 0 Å². The molecule has 0 saturated carbocycles. The molecule has 0 aromatic heterocycles. The topological polar surface area (TPSA) is 169 Å². The number of carbonyl (C=O) groups is 4. The lowest BCUT2D eigenvalue weighted by atomic mass is 9.57. The van der Waals surface area contributed by atoms with Gasteiger partial charge in [-0.05, 0) is 33.6 Å². The second-order valence-electron chi connectivity index (χ2n) is 6.89. The number of rotatable bonds is 10. The SMILES string of the molecule is CC(=O)[C@](O)(C(=S)C(C)C)[C@](O)(C(C)=O)[C@](O)(C(C)=O)[C@](O)(CO)C(C)=O. The molecule has 0 bridgehead atoms. The molecule has 154 valence electrons. The van der Waals surface area contributed by atoms with Crippen LogP contribution in [0.2, 0.25) is 0 Å². The Kier molecular flexibility index (Phi) is 7.48. The first-order valence-corrected chi connectivity index (χ1v) is 8.44. The normalized spacial score (nSPS) is 20.6. The van der Waals surface area contributed by atoms with Gasteiger partial charge in [0.05, 0.1) is 6.61 Å². The average molecular weight is 406 g/mol. The van der Waals surface area contributed by atoms with Crippen LogP contribution in [0.1, 0.15) is 41.5 Å². The summed E-state index contributed by atoms with van der Waals surface area (Å²) in [5.74, 6) is -6.62. The molecule has 0 unspecified atom stereocenters. The smallest absolute Gasteiger partial charge is 0.202 e. The molecule has 0 heterocycles. The average Bonchev–Trinajstić information content (AvgIpc) is 2.56. The molecule has 0 fully saturated rings. The van der Waals surface area contributed by atoms with Gasteiger partial charge in [0.25, 0.3) is 0 Å². The highest BCUT2D eigenvalue weighted by atomic mass is 32.1. The Bertz CT molecular complexity index is 688. The molecular weight excluding hydrogens is 380 g/mol. The zero-order valence-corrected chi connectivity index (χ0v) is 16.9. The van der Waals surface area contributed by atoms with Crippen molar-refractivity contribution in [2.45, 2.75) is 63.9 Å². The van der Waals surface area contributed by atoms with Crippen molar-refractivity contribution < 1.29 is 44.7 Å². The lowest BCUT2D eigenvalue weighted by Gasteiger charge is -2.53. The molecule has 0 aromatic carbocycles. The summed E-state index contributed by atoms with van der Waals surface area (Å²) >= 11 is 5.00. The second-order valence-corrected chi connectivity index (χ2v) is 7.33. The van der Waals surface area contributed by atoms with Crippen molar-refractivity contribution in [3.63, 3.8) is 0 Å². The minimum atomic E-state index is -3.80. The molecule has 0 aliphatic rings. The van der Waals surface area contributed by atoms with E-state index in [9.17, 15) is 44.7 Å².